The molecule has 102 valence electrons. The maximum absolute atomic E-state index is 13.6. The lowest BCUT2D eigenvalue weighted by atomic mass is 9.97. The van der Waals surface area contributed by atoms with Gasteiger partial charge in [0.2, 0.25) is 0 Å². The van der Waals surface area contributed by atoms with Gasteiger partial charge in [-0.25, -0.2) is 4.39 Å². The molecular formula is C14H23FN2O. The molecular weight excluding hydrogens is 231 g/mol. The van der Waals surface area contributed by atoms with E-state index in [-0.39, 0.29) is 17.3 Å². The molecule has 18 heavy (non-hydrogen) atoms. The van der Waals surface area contributed by atoms with Crippen LogP contribution in [0.15, 0.2) is 12.1 Å². The summed E-state index contributed by atoms with van der Waals surface area (Å²) >= 11 is 0. The highest BCUT2D eigenvalue weighted by atomic mass is 19.1. The number of ether oxygens (including phenoxy) is 1. The van der Waals surface area contributed by atoms with Crippen LogP contribution in [-0.4, -0.2) is 12.6 Å². The number of hydrogen-bond donors (Lipinski definition) is 2. The van der Waals surface area contributed by atoms with E-state index in [0.717, 1.165) is 6.54 Å². The van der Waals surface area contributed by atoms with Gasteiger partial charge in [0.25, 0.3) is 0 Å². The fourth-order valence-corrected chi connectivity index (χ4v) is 1.43. The fraction of sp³-hybridized carbons (Fsp3) is 0.571. The second kappa shape index (κ2) is 5.46. The Bertz CT molecular complexity index is 411. The Morgan fingerprint density at radius 1 is 1.33 bits per heavy atom. The molecule has 0 aliphatic carbocycles. The second-order valence-corrected chi connectivity index (χ2v) is 5.95. The number of hydrogen-bond acceptors (Lipinski definition) is 3. The molecule has 0 heterocycles. The van der Waals surface area contributed by atoms with Crippen molar-refractivity contribution in [3.05, 3.63) is 17.9 Å². The highest BCUT2D eigenvalue weighted by molar-refractivity contribution is 5.68. The van der Waals surface area contributed by atoms with Gasteiger partial charge in [-0.05, 0) is 19.3 Å². The zero-order valence-electron chi connectivity index (χ0n) is 11.8. The smallest absolute Gasteiger partial charge is 0.167 e. The zero-order valence-corrected chi connectivity index (χ0v) is 11.8. The summed E-state index contributed by atoms with van der Waals surface area (Å²) < 4.78 is 19.0. The summed E-state index contributed by atoms with van der Waals surface area (Å²) in [4.78, 5) is 0. The van der Waals surface area contributed by atoms with Gasteiger partial charge in [-0.1, -0.05) is 20.8 Å². The number of benzene rings is 1. The average Bonchev–Trinajstić information content (AvgIpc) is 2.18. The third-order valence-corrected chi connectivity index (χ3v) is 2.28. The lowest BCUT2D eigenvalue weighted by molar-refractivity contribution is 0.231. The number of nitrogens with one attached hydrogen (secondary N) is 1. The van der Waals surface area contributed by atoms with Crippen LogP contribution in [0.5, 0.6) is 5.75 Å². The van der Waals surface area contributed by atoms with E-state index in [1.807, 2.05) is 13.8 Å². The van der Waals surface area contributed by atoms with Crippen LogP contribution in [-0.2, 0) is 0 Å². The Kier molecular flexibility index (Phi) is 4.43. The standard InChI is InChI=1S/C14H23FN2O/c1-9(2)18-13-7-12(11(16)6-10(13)15)17-8-14(3,4)5/h6-7,9,17H,8,16H2,1-5H3. The number of rotatable bonds is 4. The highest BCUT2D eigenvalue weighted by Crippen LogP contribution is 2.29. The van der Waals surface area contributed by atoms with Crippen molar-refractivity contribution >= 4 is 11.4 Å². The Hall–Kier alpha value is -1.45. The van der Waals surface area contributed by atoms with Crippen molar-refractivity contribution in [1.82, 2.24) is 0 Å². The van der Waals surface area contributed by atoms with Gasteiger partial charge < -0.3 is 15.8 Å². The molecule has 1 aromatic rings. The molecule has 0 bridgehead atoms. The van der Waals surface area contributed by atoms with Crippen molar-refractivity contribution in [1.29, 1.82) is 0 Å². The van der Waals surface area contributed by atoms with Crippen LogP contribution in [0, 0.1) is 11.2 Å². The van der Waals surface area contributed by atoms with Crippen LogP contribution in [0.2, 0.25) is 0 Å². The third-order valence-electron chi connectivity index (χ3n) is 2.28. The molecule has 0 aliphatic rings. The molecule has 1 aromatic carbocycles. The summed E-state index contributed by atoms with van der Waals surface area (Å²) in [6.07, 6.45) is -0.0707. The predicted octanol–water partition coefficient (Wildman–Crippen LogP) is 3.65. The summed E-state index contributed by atoms with van der Waals surface area (Å²) in [5, 5.41) is 3.22. The molecule has 0 atom stereocenters. The number of nitrogens with two attached hydrogens (primary N) is 1. The Balaban J connectivity index is 2.91. The summed E-state index contributed by atoms with van der Waals surface area (Å²) in [6.45, 7) is 10.8. The lowest BCUT2D eigenvalue weighted by Gasteiger charge is -2.21. The molecule has 3 N–H and O–H groups in total. The van der Waals surface area contributed by atoms with Crippen LogP contribution in [0.25, 0.3) is 0 Å². The van der Waals surface area contributed by atoms with Crippen molar-refractivity contribution in [2.45, 2.75) is 40.7 Å². The number of anilines is 2. The molecule has 0 radical (unpaired) electrons. The quantitative estimate of drug-likeness (QED) is 0.806. The number of nitrogen functional groups attached to an aromatic ring is 1. The second-order valence-electron chi connectivity index (χ2n) is 5.95. The maximum Gasteiger partial charge on any atom is 0.167 e. The molecule has 0 saturated heterocycles. The largest absolute Gasteiger partial charge is 0.488 e. The highest BCUT2D eigenvalue weighted by Gasteiger charge is 2.13. The number of halogens is 1. The van der Waals surface area contributed by atoms with E-state index in [1.54, 1.807) is 6.07 Å². The Labute approximate surface area is 109 Å². The molecule has 0 amide bonds. The monoisotopic (exact) mass is 254 g/mol. The minimum absolute atomic E-state index is 0.0707. The summed E-state index contributed by atoms with van der Waals surface area (Å²) in [5.41, 5.74) is 7.02. The fourth-order valence-electron chi connectivity index (χ4n) is 1.43. The van der Waals surface area contributed by atoms with Crippen LogP contribution in [0.3, 0.4) is 0 Å². The van der Waals surface area contributed by atoms with Gasteiger partial charge in [0, 0.05) is 18.7 Å². The van der Waals surface area contributed by atoms with Gasteiger partial charge in [0.1, 0.15) is 0 Å². The summed E-state index contributed by atoms with van der Waals surface area (Å²) in [5.74, 6) is -0.196. The van der Waals surface area contributed by atoms with Crippen LogP contribution in [0.1, 0.15) is 34.6 Å². The molecule has 4 heteroatoms. The first-order chi connectivity index (χ1) is 8.19. The molecule has 0 spiro atoms. The van der Waals surface area contributed by atoms with Gasteiger partial charge in [-0.3, -0.25) is 0 Å². The van der Waals surface area contributed by atoms with E-state index in [2.05, 4.69) is 26.1 Å². The zero-order chi connectivity index (χ0) is 13.9. The molecule has 0 saturated carbocycles. The van der Waals surface area contributed by atoms with Gasteiger partial charge in [-0.2, -0.15) is 0 Å². The maximum atomic E-state index is 13.6. The normalized spacial score (nSPS) is 11.7. The molecule has 0 aliphatic heterocycles. The van der Waals surface area contributed by atoms with Crippen molar-refractivity contribution in [2.75, 3.05) is 17.6 Å². The Morgan fingerprint density at radius 3 is 2.44 bits per heavy atom. The first kappa shape index (κ1) is 14.6. The molecule has 3 nitrogen and oxygen atoms in total. The van der Waals surface area contributed by atoms with Crippen molar-refractivity contribution in [3.63, 3.8) is 0 Å². The average molecular weight is 254 g/mol. The van der Waals surface area contributed by atoms with Crippen molar-refractivity contribution in [2.24, 2.45) is 5.41 Å². The van der Waals surface area contributed by atoms with Gasteiger partial charge >= 0.3 is 0 Å². The van der Waals surface area contributed by atoms with Crippen molar-refractivity contribution in [3.8, 4) is 5.75 Å². The minimum Gasteiger partial charge on any atom is -0.488 e. The SMILES string of the molecule is CC(C)Oc1cc(NCC(C)(C)C)c(N)cc1F. The molecule has 0 unspecified atom stereocenters. The molecule has 0 fully saturated rings. The van der Waals surface area contributed by atoms with E-state index in [1.165, 1.54) is 6.07 Å². The Morgan fingerprint density at radius 2 is 1.94 bits per heavy atom. The van der Waals surface area contributed by atoms with Gasteiger partial charge in [-0.15, -0.1) is 0 Å². The van der Waals surface area contributed by atoms with Crippen molar-refractivity contribution < 1.29 is 9.13 Å². The lowest BCUT2D eigenvalue weighted by Crippen LogP contribution is -2.19. The first-order valence-corrected chi connectivity index (χ1v) is 6.18. The van der Waals surface area contributed by atoms with Gasteiger partial charge in [0.05, 0.1) is 17.5 Å². The first-order valence-electron chi connectivity index (χ1n) is 6.18. The van der Waals surface area contributed by atoms with E-state index in [0.29, 0.717) is 11.4 Å². The van der Waals surface area contributed by atoms with E-state index in [9.17, 15) is 4.39 Å². The van der Waals surface area contributed by atoms with Crippen LogP contribution < -0.4 is 15.8 Å². The van der Waals surface area contributed by atoms with E-state index < -0.39 is 5.82 Å². The molecule has 0 aromatic heterocycles. The van der Waals surface area contributed by atoms with Crippen LogP contribution in [0.4, 0.5) is 15.8 Å². The minimum atomic E-state index is -0.428. The van der Waals surface area contributed by atoms with Crippen LogP contribution >= 0.6 is 0 Å². The summed E-state index contributed by atoms with van der Waals surface area (Å²) in [6, 6.07) is 2.92. The predicted molar refractivity (Wildman–Crippen MR) is 74.5 cm³/mol. The molecule has 1 rings (SSSR count). The summed E-state index contributed by atoms with van der Waals surface area (Å²) in [7, 11) is 0. The third kappa shape index (κ3) is 4.43. The van der Waals surface area contributed by atoms with E-state index in [4.69, 9.17) is 10.5 Å². The topological polar surface area (TPSA) is 47.3 Å². The van der Waals surface area contributed by atoms with E-state index >= 15 is 0 Å². The van der Waals surface area contributed by atoms with Gasteiger partial charge in [0.15, 0.2) is 11.6 Å².